The van der Waals surface area contributed by atoms with Gasteiger partial charge >= 0.3 is 0 Å². The fourth-order valence-electron chi connectivity index (χ4n) is 6.99. The Hall–Kier alpha value is -3.36. The number of benzene rings is 2. The SMILES string of the molecule is BC1(B)CN(C(=C)C)c2cccc(Sc3nc(C(=C)OC)c(N4CCC5(CC4)Cc4ccccc4C5N)nc3N)c21. The predicted octanol–water partition coefficient (Wildman–Crippen LogP) is 3.44. The van der Waals surface area contributed by atoms with Crippen LogP contribution in [0.25, 0.3) is 5.76 Å². The second-order valence-electron chi connectivity index (χ2n) is 12.4. The zero-order valence-electron chi connectivity index (χ0n) is 24.5. The summed E-state index contributed by atoms with van der Waals surface area (Å²) in [5, 5.41) is 0.602. The molecule has 41 heavy (non-hydrogen) atoms. The standard InChI is InChI=1S/C31H38B2N6OS/c1-18(2)39-17-31(32,33)24-22(39)10-7-11-23(24)41-29-27(35)37-28(25(36-29)19(3)40-4)38-14-12-30(13-15-38)16-20-8-5-6-9-21(20)26(30)34/h5-11,26H,1,3,12-17,32-34H2,2,4H3,(H2,35,37). The minimum Gasteiger partial charge on any atom is -0.495 e. The molecule has 2 aromatic carbocycles. The molecule has 4 N–H and O–H groups in total. The topological polar surface area (TPSA) is 93.5 Å². The van der Waals surface area contributed by atoms with Crippen LogP contribution in [0, 0.1) is 5.41 Å². The summed E-state index contributed by atoms with van der Waals surface area (Å²) in [6.45, 7) is 12.9. The van der Waals surface area contributed by atoms with Crippen LogP contribution in [-0.4, -0.2) is 52.4 Å². The molecule has 1 saturated heterocycles. The highest BCUT2D eigenvalue weighted by molar-refractivity contribution is 7.99. The lowest BCUT2D eigenvalue weighted by molar-refractivity contribution is 0.187. The number of aromatic nitrogens is 2. The van der Waals surface area contributed by atoms with Crippen molar-refractivity contribution in [1.29, 1.82) is 0 Å². The predicted molar refractivity (Wildman–Crippen MR) is 175 cm³/mol. The van der Waals surface area contributed by atoms with Crippen molar-refractivity contribution in [1.82, 2.24) is 9.97 Å². The third-order valence-electron chi connectivity index (χ3n) is 9.22. The van der Waals surface area contributed by atoms with E-state index < -0.39 is 0 Å². The Morgan fingerprint density at radius 3 is 2.51 bits per heavy atom. The van der Waals surface area contributed by atoms with Gasteiger partial charge in [-0.1, -0.05) is 55.3 Å². The monoisotopic (exact) mass is 564 g/mol. The van der Waals surface area contributed by atoms with Crippen molar-refractivity contribution in [2.75, 3.05) is 42.3 Å². The van der Waals surface area contributed by atoms with Crippen LogP contribution in [0.4, 0.5) is 17.3 Å². The summed E-state index contributed by atoms with van der Waals surface area (Å²) in [6, 6.07) is 15.1. The molecule has 1 fully saturated rings. The third kappa shape index (κ3) is 4.61. The van der Waals surface area contributed by atoms with Gasteiger partial charge in [0, 0.05) is 42.0 Å². The van der Waals surface area contributed by atoms with Gasteiger partial charge in [-0.15, -0.1) is 0 Å². The summed E-state index contributed by atoms with van der Waals surface area (Å²) < 4.78 is 5.60. The van der Waals surface area contributed by atoms with Crippen LogP contribution in [0.5, 0.6) is 0 Å². The Balaban J connectivity index is 1.30. The zero-order valence-corrected chi connectivity index (χ0v) is 25.4. The molecule has 3 heterocycles. The molecule has 2 aliphatic heterocycles. The van der Waals surface area contributed by atoms with E-state index in [-0.39, 0.29) is 16.7 Å². The molecule has 10 heteroatoms. The molecule has 0 radical (unpaired) electrons. The Bertz CT molecular complexity index is 1550. The summed E-state index contributed by atoms with van der Waals surface area (Å²) in [7, 11) is 6.16. The molecule has 0 amide bonds. The second-order valence-corrected chi connectivity index (χ2v) is 13.4. The number of nitrogen functional groups attached to an aromatic ring is 1. The van der Waals surface area contributed by atoms with E-state index in [1.54, 1.807) is 18.9 Å². The van der Waals surface area contributed by atoms with E-state index in [2.05, 4.69) is 88.0 Å². The fourth-order valence-corrected chi connectivity index (χ4v) is 8.11. The number of hydrogen-bond acceptors (Lipinski definition) is 8. The van der Waals surface area contributed by atoms with Crippen molar-refractivity contribution in [2.45, 2.75) is 47.4 Å². The number of nitrogens with two attached hydrogens (primary N) is 2. The van der Waals surface area contributed by atoms with E-state index in [9.17, 15) is 0 Å². The molecule has 1 unspecified atom stereocenters. The van der Waals surface area contributed by atoms with Crippen LogP contribution in [-0.2, 0) is 16.4 Å². The average molecular weight is 564 g/mol. The molecule has 3 aliphatic rings. The minimum absolute atomic E-state index is 0.0521. The summed E-state index contributed by atoms with van der Waals surface area (Å²) >= 11 is 1.55. The zero-order chi connectivity index (χ0) is 29.1. The maximum absolute atomic E-state index is 6.83. The highest BCUT2D eigenvalue weighted by atomic mass is 32.2. The number of ether oxygens (including phenoxy) is 1. The van der Waals surface area contributed by atoms with Crippen molar-refractivity contribution < 1.29 is 4.74 Å². The molecule has 210 valence electrons. The minimum atomic E-state index is -0.0521. The number of anilines is 3. The molecule has 1 aliphatic carbocycles. The van der Waals surface area contributed by atoms with Crippen LogP contribution in [0.3, 0.4) is 0 Å². The van der Waals surface area contributed by atoms with Gasteiger partial charge in [0.05, 0.1) is 7.11 Å². The Kier molecular flexibility index (Phi) is 6.90. The van der Waals surface area contributed by atoms with Crippen LogP contribution in [0.15, 0.2) is 71.2 Å². The Morgan fingerprint density at radius 1 is 1.10 bits per heavy atom. The number of allylic oxidation sites excluding steroid dienone is 1. The molecule has 1 aromatic heterocycles. The van der Waals surface area contributed by atoms with E-state index in [4.69, 9.17) is 26.2 Å². The molecule has 0 bridgehead atoms. The second kappa shape index (κ2) is 10.2. The number of fused-ring (bicyclic) bond motifs is 2. The number of piperidine rings is 1. The van der Waals surface area contributed by atoms with E-state index in [0.717, 1.165) is 55.3 Å². The van der Waals surface area contributed by atoms with Crippen molar-refractivity contribution >= 4 is 50.5 Å². The molecule has 0 saturated carbocycles. The van der Waals surface area contributed by atoms with Gasteiger partial charge in [0.2, 0.25) is 0 Å². The van der Waals surface area contributed by atoms with Gasteiger partial charge in [0.1, 0.15) is 32.2 Å². The lowest BCUT2D eigenvalue weighted by atomic mass is 9.52. The van der Waals surface area contributed by atoms with Gasteiger partial charge in [-0.3, -0.25) is 0 Å². The van der Waals surface area contributed by atoms with Crippen LogP contribution in [0.1, 0.15) is 48.2 Å². The van der Waals surface area contributed by atoms with Gasteiger partial charge in [-0.2, -0.15) is 0 Å². The van der Waals surface area contributed by atoms with E-state index in [1.807, 2.05) is 0 Å². The number of nitrogens with zero attached hydrogens (tertiary/aromatic N) is 4. The quantitative estimate of drug-likeness (QED) is 0.348. The molecule has 3 aromatic rings. The first-order valence-corrected chi connectivity index (χ1v) is 15.1. The maximum atomic E-state index is 6.83. The summed E-state index contributed by atoms with van der Waals surface area (Å²) in [5.41, 5.74) is 20.3. The molecular formula is C31H38B2N6OS. The van der Waals surface area contributed by atoms with Gasteiger partial charge < -0.3 is 26.0 Å². The lowest BCUT2D eigenvalue weighted by Gasteiger charge is -2.43. The molecule has 1 spiro atoms. The van der Waals surface area contributed by atoms with Crippen molar-refractivity contribution in [3.63, 3.8) is 0 Å². The average Bonchev–Trinajstić information content (AvgIpc) is 3.40. The fraction of sp³-hybridized carbons (Fsp3) is 0.355. The van der Waals surface area contributed by atoms with Crippen molar-refractivity contribution in [3.05, 3.63) is 83.7 Å². The maximum Gasteiger partial charge on any atom is 0.160 e. The third-order valence-corrected chi connectivity index (χ3v) is 10.3. The van der Waals surface area contributed by atoms with Gasteiger partial charge in [0.25, 0.3) is 0 Å². The highest BCUT2D eigenvalue weighted by Gasteiger charge is 2.46. The largest absolute Gasteiger partial charge is 0.495 e. The number of rotatable bonds is 6. The number of methoxy groups -OCH3 is 1. The van der Waals surface area contributed by atoms with Crippen molar-refractivity contribution in [3.8, 4) is 0 Å². The summed E-state index contributed by atoms with van der Waals surface area (Å²) in [6.07, 6.45) is 2.98. The first-order chi connectivity index (χ1) is 19.5. The molecular weight excluding hydrogens is 526 g/mol. The highest BCUT2D eigenvalue weighted by Crippen LogP contribution is 2.51. The summed E-state index contributed by atoms with van der Waals surface area (Å²) in [5.74, 6) is 1.62. The van der Waals surface area contributed by atoms with Gasteiger partial charge in [0.15, 0.2) is 11.6 Å². The lowest BCUT2D eigenvalue weighted by Crippen LogP contribution is -2.45. The first-order valence-electron chi connectivity index (χ1n) is 14.3. The molecule has 7 nitrogen and oxygen atoms in total. The molecule has 6 rings (SSSR count). The van der Waals surface area contributed by atoms with E-state index in [1.165, 1.54) is 22.4 Å². The Labute approximate surface area is 249 Å². The van der Waals surface area contributed by atoms with Gasteiger partial charge in [-0.25, -0.2) is 9.97 Å². The first kappa shape index (κ1) is 27.8. The smallest absolute Gasteiger partial charge is 0.160 e. The normalized spacial score (nSPS) is 20.1. The van der Waals surface area contributed by atoms with E-state index in [0.29, 0.717) is 22.3 Å². The van der Waals surface area contributed by atoms with Gasteiger partial charge in [-0.05, 0) is 65.6 Å². The van der Waals surface area contributed by atoms with Crippen LogP contribution < -0.4 is 21.3 Å². The number of hydrogen-bond donors (Lipinski definition) is 2. The van der Waals surface area contributed by atoms with Crippen molar-refractivity contribution in [2.24, 2.45) is 11.1 Å². The Morgan fingerprint density at radius 2 is 1.83 bits per heavy atom. The molecule has 1 atom stereocenters. The summed E-state index contributed by atoms with van der Waals surface area (Å²) in [4.78, 5) is 15.6. The van der Waals surface area contributed by atoms with Crippen LogP contribution >= 0.6 is 11.8 Å². The van der Waals surface area contributed by atoms with E-state index >= 15 is 0 Å². The van der Waals surface area contributed by atoms with Crippen LogP contribution in [0.2, 0.25) is 0 Å².